The normalized spacial score (nSPS) is 19.5. The molecule has 0 N–H and O–H groups in total. The summed E-state index contributed by atoms with van der Waals surface area (Å²) in [5.74, 6) is 0.251. The molecule has 1 atom stereocenters. The lowest BCUT2D eigenvalue weighted by atomic mass is 9.86. The van der Waals surface area contributed by atoms with E-state index in [9.17, 15) is 0 Å². The second-order valence-electron chi connectivity index (χ2n) is 3.86. The minimum Gasteiger partial charge on any atom is -0.193 e. The van der Waals surface area contributed by atoms with Gasteiger partial charge in [-0.15, -0.1) is 0 Å². The number of nitriles is 1. The molecule has 0 spiro atoms. The highest BCUT2D eigenvalue weighted by Gasteiger charge is 2.16. The maximum atomic E-state index is 9.03. The highest BCUT2D eigenvalue weighted by atomic mass is 14.3. The van der Waals surface area contributed by atoms with Crippen LogP contribution in [0.5, 0.6) is 0 Å². The van der Waals surface area contributed by atoms with E-state index < -0.39 is 0 Å². The molecule has 0 heterocycles. The van der Waals surface area contributed by atoms with Crippen molar-refractivity contribution in [2.75, 3.05) is 0 Å². The number of aryl methyl sites for hydroxylation is 1. The second kappa shape index (κ2) is 4.14. The summed E-state index contributed by atoms with van der Waals surface area (Å²) in [4.78, 5) is 0. The smallest absolute Gasteiger partial charge is 0.0953 e. The van der Waals surface area contributed by atoms with E-state index in [1.165, 1.54) is 11.1 Å². The monoisotopic (exact) mass is 195 g/mol. The highest BCUT2D eigenvalue weighted by molar-refractivity contribution is 5.42. The number of nitrogens with zero attached hydrogens (tertiary/aromatic N) is 1. The van der Waals surface area contributed by atoms with E-state index in [0.29, 0.717) is 0 Å². The van der Waals surface area contributed by atoms with Crippen molar-refractivity contribution in [2.24, 2.45) is 0 Å². The molecule has 1 aromatic carbocycles. The van der Waals surface area contributed by atoms with Crippen LogP contribution in [0.4, 0.5) is 0 Å². The Labute approximate surface area is 90.4 Å². The maximum Gasteiger partial charge on any atom is 0.0953 e. The molecule has 1 heteroatoms. The zero-order chi connectivity index (χ0) is 10.7. The molecule has 1 nitrogen and oxygen atoms in total. The summed E-state index contributed by atoms with van der Waals surface area (Å²) in [5, 5.41) is 9.03. The van der Waals surface area contributed by atoms with Gasteiger partial charge in [-0.3, -0.25) is 0 Å². The van der Waals surface area contributed by atoms with Crippen LogP contribution in [-0.2, 0) is 0 Å². The SMILES string of the molecule is Cc1ccc(C2CC=CC=C2C#N)cc1. The zero-order valence-electron chi connectivity index (χ0n) is 8.77. The second-order valence-corrected chi connectivity index (χ2v) is 3.86. The summed E-state index contributed by atoms with van der Waals surface area (Å²) in [7, 11) is 0. The molecule has 2 rings (SSSR count). The molecule has 0 saturated heterocycles. The van der Waals surface area contributed by atoms with Gasteiger partial charge in [0, 0.05) is 11.5 Å². The lowest BCUT2D eigenvalue weighted by Gasteiger charge is -2.17. The molecule has 0 radical (unpaired) electrons. The third-order valence-corrected chi connectivity index (χ3v) is 2.77. The molecule has 0 amide bonds. The summed E-state index contributed by atoms with van der Waals surface area (Å²) in [6.07, 6.45) is 6.92. The van der Waals surface area contributed by atoms with E-state index in [-0.39, 0.29) is 5.92 Å². The van der Waals surface area contributed by atoms with Crippen molar-refractivity contribution >= 4 is 0 Å². The summed E-state index contributed by atoms with van der Waals surface area (Å²) in [6.45, 7) is 2.07. The predicted octanol–water partition coefficient (Wildman–Crippen LogP) is 3.49. The van der Waals surface area contributed by atoms with Crippen LogP contribution in [-0.4, -0.2) is 0 Å². The molecule has 1 aliphatic carbocycles. The van der Waals surface area contributed by atoms with Crippen molar-refractivity contribution in [3.8, 4) is 6.07 Å². The number of allylic oxidation sites excluding steroid dienone is 4. The fourth-order valence-corrected chi connectivity index (χ4v) is 1.86. The summed E-state index contributed by atoms with van der Waals surface area (Å²) in [5.41, 5.74) is 3.35. The van der Waals surface area contributed by atoms with E-state index in [2.05, 4.69) is 43.3 Å². The first-order valence-corrected chi connectivity index (χ1v) is 5.14. The van der Waals surface area contributed by atoms with Gasteiger partial charge in [0.15, 0.2) is 0 Å². The average Bonchev–Trinajstić information content (AvgIpc) is 2.30. The number of benzene rings is 1. The Morgan fingerprint density at radius 3 is 2.67 bits per heavy atom. The molecule has 0 saturated carbocycles. The van der Waals surface area contributed by atoms with Crippen molar-refractivity contribution in [3.63, 3.8) is 0 Å². The molecule has 0 bridgehead atoms. The van der Waals surface area contributed by atoms with Crippen molar-refractivity contribution in [1.29, 1.82) is 5.26 Å². The van der Waals surface area contributed by atoms with Gasteiger partial charge in [0.05, 0.1) is 6.07 Å². The lowest BCUT2D eigenvalue weighted by Crippen LogP contribution is -2.02. The Morgan fingerprint density at radius 1 is 1.27 bits per heavy atom. The predicted molar refractivity (Wildman–Crippen MR) is 61.4 cm³/mol. The van der Waals surface area contributed by atoms with Gasteiger partial charge in [-0.1, -0.05) is 42.0 Å². The van der Waals surface area contributed by atoms with E-state index >= 15 is 0 Å². The van der Waals surface area contributed by atoms with Crippen LogP contribution in [0.25, 0.3) is 0 Å². The van der Waals surface area contributed by atoms with Crippen LogP contribution in [0, 0.1) is 18.3 Å². The summed E-state index contributed by atoms with van der Waals surface area (Å²) >= 11 is 0. The van der Waals surface area contributed by atoms with Crippen molar-refractivity contribution in [1.82, 2.24) is 0 Å². The molecule has 1 aliphatic rings. The van der Waals surface area contributed by atoms with Gasteiger partial charge >= 0.3 is 0 Å². The highest BCUT2D eigenvalue weighted by Crippen LogP contribution is 2.30. The summed E-state index contributed by atoms with van der Waals surface area (Å²) in [6, 6.07) is 10.7. The van der Waals surface area contributed by atoms with E-state index in [4.69, 9.17) is 5.26 Å². The van der Waals surface area contributed by atoms with Gasteiger partial charge in [0.2, 0.25) is 0 Å². The molecule has 1 unspecified atom stereocenters. The Bertz CT molecular complexity index is 443. The van der Waals surface area contributed by atoms with Gasteiger partial charge in [-0.25, -0.2) is 0 Å². The van der Waals surface area contributed by atoms with Crippen LogP contribution in [0.2, 0.25) is 0 Å². The number of hydrogen-bond acceptors (Lipinski definition) is 1. The lowest BCUT2D eigenvalue weighted by molar-refractivity contribution is 0.821. The van der Waals surface area contributed by atoms with Crippen LogP contribution in [0.1, 0.15) is 23.5 Å². The standard InChI is InChI=1S/C14H13N/c1-11-6-8-12(9-7-11)14-5-3-2-4-13(14)10-15/h2-4,6-9,14H,5H2,1H3. The largest absolute Gasteiger partial charge is 0.193 e. The fourth-order valence-electron chi connectivity index (χ4n) is 1.86. The Morgan fingerprint density at radius 2 is 2.00 bits per heavy atom. The first-order valence-electron chi connectivity index (χ1n) is 5.14. The minimum absolute atomic E-state index is 0.251. The molecular formula is C14H13N. The van der Waals surface area contributed by atoms with Crippen LogP contribution >= 0.6 is 0 Å². The number of rotatable bonds is 1. The van der Waals surface area contributed by atoms with Crippen molar-refractivity contribution in [3.05, 3.63) is 59.2 Å². The molecule has 0 fully saturated rings. The van der Waals surface area contributed by atoms with Crippen molar-refractivity contribution < 1.29 is 0 Å². The third kappa shape index (κ3) is 1.99. The fraction of sp³-hybridized carbons (Fsp3) is 0.214. The van der Waals surface area contributed by atoms with Gasteiger partial charge in [0.1, 0.15) is 0 Å². The minimum atomic E-state index is 0.251. The Kier molecular flexibility index (Phi) is 2.69. The first-order chi connectivity index (χ1) is 7.31. The Hall–Kier alpha value is -1.81. The molecule has 15 heavy (non-hydrogen) atoms. The van der Waals surface area contributed by atoms with E-state index in [1.54, 1.807) is 0 Å². The Balaban J connectivity index is 2.32. The third-order valence-electron chi connectivity index (χ3n) is 2.77. The van der Waals surface area contributed by atoms with Gasteiger partial charge < -0.3 is 0 Å². The molecule has 1 aromatic rings. The van der Waals surface area contributed by atoms with E-state index in [0.717, 1.165) is 12.0 Å². The van der Waals surface area contributed by atoms with Gasteiger partial charge in [-0.05, 0) is 25.0 Å². The number of hydrogen-bond donors (Lipinski definition) is 0. The molecule has 74 valence electrons. The topological polar surface area (TPSA) is 23.8 Å². The van der Waals surface area contributed by atoms with Gasteiger partial charge in [0.25, 0.3) is 0 Å². The van der Waals surface area contributed by atoms with Crippen LogP contribution in [0.3, 0.4) is 0 Å². The first kappa shape index (κ1) is 9.73. The van der Waals surface area contributed by atoms with Crippen LogP contribution in [0.15, 0.2) is 48.1 Å². The average molecular weight is 195 g/mol. The van der Waals surface area contributed by atoms with E-state index in [1.807, 2.05) is 12.2 Å². The molecule has 0 aliphatic heterocycles. The van der Waals surface area contributed by atoms with Gasteiger partial charge in [-0.2, -0.15) is 5.26 Å². The quantitative estimate of drug-likeness (QED) is 0.673. The zero-order valence-corrected chi connectivity index (χ0v) is 8.77. The molecular weight excluding hydrogens is 182 g/mol. The molecule has 0 aromatic heterocycles. The maximum absolute atomic E-state index is 9.03. The summed E-state index contributed by atoms with van der Waals surface area (Å²) < 4.78 is 0. The van der Waals surface area contributed by atoms with Crippen molar-refractivity contribution in [2.45, 2.75) is 19.3 Å². The van der Waals surface area contributed by atoms with Crippen LogP contribution < -0.4 is 0 Å².